The Labute approximate surface area is 139 Å². The summed E-state index contributed by atoms with van der Waals surface area (Å²) in [7, 11) is 0. The Balaban J connectivity index is 1.81. The lowest BCUT2D eigenvalue weighted by atomic mass is 10.1. The highest BCUT2D eigenvalue weighted by Gasteiger charge is 2.12. The molecule has 0 saturated heterocycles. The Hall–Kier alpha value is -2.40. The van der Waals surface area contributed by atoms with Crippen molar-refractivity contribution in [1.29, 1.82) is 0 Å². The number of nitrogens with one attached hydrogen (secondary N) is 1. The molecular weight excluding hydrogens is 308 g/mol. The highest BCUT2D eigenvalue weighted by Crippen LogP contribution is 2.29. The molecule has 1 aromatic heterocycles. The molecule has 3 aromatic rings. The van der Waals surface area contributed by atoms with E-state index in [0.717, 1.165) is 21.5 Å². The molecule has 0 saturated carbocycles. The zero-order chi connectivity index (χ0) is 16.4. The molecule has 0 bridgehead atoms. The minimum Gasteiger partial charge on any atom is -0.494 e. The van der Waals surface area contributed by atoms with Crippen LogP contribution in [0.2, 0.25) is 0 Å². The molecule has 4 nitrogen and oxygen atoms in total. The van der Waals surface area contributed by atoms with Crippen molar-refractivity contribution >= 4 is 32.6 Å². The fourth-order valence-corrected chi connectivity index (χ4v) is 3.24. The van der Waals surface area contributed by atoms with E-state index in [0.29, 0.717) is 17.3 Å². The zero-order valence-corrected chi connectivity index (χ0v) is 14.2. The summed E-state index contributed by atoms with van der Waals surface area (Å²) in [5.74, 6) is 0.594. The Morgan fingerprint density at radius 1 is 1.17 bits per heavy atom. The van der Waals surface area contributed by atoms with Crippen LogP contribution in [0, 0.1) is 13.8 Å². The van der Waals surface area contributed by atoms with Crippen LogP contribution in [0.1, 0.15) is 28.4 Å². The van der Waals surface area contributed by atoms with Gasteiger partial charge in [-0.15, -0.1) is 0 Å². The van der Waals surface area contributed by atoms with Gasteiger partial charge in [-0.05, 0) is 62.2 Å². The van der Waals surface area contributed by atoms with Crippen LogP contribution in [0.5, 0.6) is 5.75 Å². The number of fused-ring (bicyclic) bond motifs is 1. The van der Waals surface area contributed by atoms with E-state index in [1.165, 1.54) is 16.9 Å². The molecule has 0 aliphatic carbocycles. The number of aromatic nitrogens is 1. The third-order valence-corrected chi connectivity index (χ3v) is 4.67. The maximum atomic E-state index is 12.3. The largest absolute Gasteiger partial charge is 0.494 e. The van der Waals surface area contributed by atoms with Crippen LogP contribution in [0.25, 0.3) is 10.2 Å². The molecule has 1 N–H and O–H groups in total. The molecule has 0 atom stereocenters. The number of ether oxygens (including phenoxy) is 1. The van der Waals surface area contributed by atoms with Crippen molar-refractivity contribution in [2.45, 2.75) is 20.8 Å². The average molecular weight is 326 g/mol. The predicted molar refractivity (Wildman–Crippen MR) is 94.7 cm³/mol. The van der Waals surface area contributed by atoms with Gasteiger partial charge in [0.15, 0.2) is 5.13 Å². The summed E-state index contributed by atoms with van der Waals surface area (Å²) in [6.07, 6.45) is 0. The number of thiazole rings is 1. The summed E-state index contributed by atoms with van der Waals surface area (Å²) >= 11 is 1.49. The van der Waals surface area contributed by atoms with Crippen molar-refractivity contribution in [3.05, 3.63) is 53.1 Å². The van der Waals surface area contributed by atoms with Gasteiger partial charge in [0.05, 0.1) is 16.8 Å². The molecule has 5 heteroatoms. The Morgan fingerprint density at radius 3 is 2.61 bits per heavy atom. The molecule has 118 valence electrons. The lowest BCUT2D eigenvalue weighted by Gasteiger charge is -2.04. The van der Waals surface area contributed by atoms with E-state index in [1.54, 1.807) is 24.3 Å². The smallest absolute Gasteiger partial charge is 0.257 e. The van der Waals surface area contributed by atoms with Crippen LogP contribution < -0.4 is 10.1 Å². The highest BCUT2D eigenvalue weighted by molar-refractivity contribution is 7.22. The fourth-order valence-electron chi connectivity index (χ4n) is 2.32. The molecule has 23 heavy (non-hydrogen) atoms. The zero-order valence-electron chi connectivity index (χ0n) is 13.3. The number of amides is 1. The number of carbonyl (C=O) groups excluding carboxylic acids is 1. The van der Waals surface area contributed by atoms with Gasteiger partial charge in [0, 0.05) is 5.56 Å². The van der Waals surface area contributed by atoms with E-state index in [4.69, 9.17) is 4.74 Å². The number of hydrogen-bond donors (Lipinski definition) is 1. The third kappa shape index (κ3) is 3.19. The predicted octanol–water partition coefficient (Wildman–Crippen LogP) is 4.56. The van der Waals surface area contributed by atoms with E-state index in [9.17, 15) is 4.79 Å². The SMILES string of the molecule is CCOc1ccc(C(=O)Nc2nc3c(C)c(C)ccc3s2)cc1. The topological polar surface area (TPSA) is 51.2 Å². The minimum absolute atomic E-state index is 0.165. The number of aryl methyl sites for hydroxylation is 2. The van der Waals surface area contributed by atoms with Crippen molar-refractivity contribution in [3.8, 4) is 5.75 Å². The van der Waals surface area contributed by atoms with Crippen molar-refractivity contribution in [1.82, 2.24) is 4.98 Å². The van der Waals surface area contributed by atoms with Crippen molar-refractivity contribution in [2.75, 3.05) is 11.9 Å². The van der Waals surface area contributed by atoms with E-state index >= 15 is 0 Å². The molecule has 0 unspecified atom stereocenters. The van der Waals surface area contributed by atoms with Crippen molar-refractivity contribution in [2.24, 2.45) is 0 Å². The maximum absolute atomic E-state index is 12.3. The number of rotatable bonds is 4. The van der Waals surface area contributed by atoms with Gasteiger partial charge in [-0.2, -0.15) is 0 Å². The maximum Gasteiger partial charge on any atom is 0.257 e. The highest BCUT2D eigenvalue weighted by atomic mass is 32.1. The number of carbonyl (C=O) groups is 1. The van der Waals surface area contributed by atoms with Crippen LogP contribution in [-0.2, 0) is 0 Å². The molecule has 3 rings (SSSR count). The van der Waals surface area contributed by atoms with Gasteiger partial charge in [-0.25, -0.2) is 4.98 Å². The Bertz CT molecular complexity index is 853. The standard InChI is InChI=1S/C18H18N2O2S/c1-4-22-14-8-6-13(7-9-14)17(21)20-18-19-16-12(3)11(2)5-10-15(16)23-18/h5-10H,4H2,1-3H3,(H,19,20,21). The quantitative estimate of drug-likeness (QED) is 0.764. The van der Waals surface area contributed by atoms with Crippen LogP contribution in [-0.4, -0.2) is 17.5 Å². The van der Waals surface area contributed by atoms with Gasteiger partial charge < -0.3 is 4.74 Å². The minimum atomic E-state index is -0.165. The molecule has 0 fully saturated rings. The average Bonchev–Trinajstić information content (AvgIpc) is 2.95. The second-order valence-corrected chi connectivity index (χ2v) is 6.32. The Kier molecular flexibility index (Phi) is 4.30. The summed E-state index contributed by atoms with van der Waals surface area (Å²) < 4.78 is 6.46. The van der Waals surface area contributed by atoms with E-state index < -0.39 is 0 Å². The van der Waals surface area contributed by atoms with E-state index in [2.05, 4.69) is 30.2 Å². The summed E-state index contributed by atoms with van der Waals surface area (Å²) in [4.78, 5) is 16.9. The molecule has 0 aliphatic rings. The van der Waals surface area contributed by atoms with E-state index in [-0.39, 0.29) is 5.91 Å². The normalized spacial score (nSPS) is 10.7. The molecule has 0 spiro atoms. The van der Waals surface area contributed by atoms with Crippen LogP contribution in [0.15, 0.2) is 36.4 Å². The lowest BCUT2D eigenvalue weighted by molar-refractivity contribution is 0.102. The third-order valence-electron chi connectivity index (χ3n) is 3.73. The van der Waals surface area contributed by atoms with Gasteiger partial charge in [0.1, 0.15) is 5.75 Å². The molecule has 0 radical (unpaired) electrons. The summed E-state index contributed by atoms with van der Waals surface area (Å²) in [6, 6.07) is 11.2. The van der Waals surface area contributed by atoms with Gasteiger partial charge in [-0.3, -0.25) is 10.1 Å². The first-order valence-corrected chi connectivity index (χ1v) is 8.31. The second-order valence-electron chi connectivity index (χ2n) is 5.28. The first-order valence-electron chi connectivity index (χ1n) is 7.49. The molecule has 2 aromatic carbocycles. The molecular formula is C18H18N2O2S. The molecule has 1 heterocycles. The van der Waals surface area contributed by atoms with E-state index in [1.807, 2.05) is 13.0 Å². The lowest BCUT2D eigenvalue weighted by Crippen LogP contribution is -2.11. The van der Waals surface area contributed by atoms with Crippen LogP contribution >= 0.6 is 11.3 Å². The number of benzene rings is 2. The first kappa shape index (κ1) is 15.5. The van der Waals surface area contributed by atoms with Crippen molar-refractivity contribution in [3.63, 3.8) is 0 Å². The number of nitrogens with zero attached hydrogens (tertiary/aromatic N) is 1. The summed E-state index contributed by atoms with van der Waals surface area (Å²) in [5, 5.41) is 3.49. The first-order chi connectivity index (χ1) is 11.1. The van der Waals surface area contributed by atoms with Gasteiger partial charge in [0.25, 0.3) is 5.91 Å². The van der Waals surface area contributed by atoms with Crippen LogP contribution in [0.3, 0.4) is 0 Å². The van der Waals surface area contributed by atoms with Gasteiger partial charge >= 0.3 is 0 Å². The van der Waals surface area contributed by atoms with Crippen LogP contribution in [0.4, 0.5) is 5.13 Å². The van der Waals surface area contributed by atoms with Gasteiger partial charge in [0.2, 0.25) is 0 Å². The van der Waals surface area contributed by atoms with Gasteiger partial charge in [-0.1, -0.05) is 17.4 Å². The second kappa shape index (κ2) is 6.38. The summed E-state index contributed by atoms with van der Waals surface area (Å²) in [6.45, 7) is 6.65. The molecule has 1 amide bonds. The summed E-state index contributed by atoms with van der Waals surface area (Å²) in [5.41, 5.74) is 3.89. The van der Waals surface area contributed by atoms with Crippen molar-refractivity contribution < 1.29 is 9.53 Å². The fraction of sp³-hybridized carbons (Fsp3) is 0.222. The molecule has 0 aliphatic heterocycles. The number of anilines is 1. The monoisotopic (exact) mass is 326 g/mol. The number of hydrogen-bond acceptors (Lipinski definition) is 4. The Morgan fingerprint density at radius 2 is 1.91 bits per heavy atom.